The molecule has 4 aromatic rings. The Morgan fingerprint density at radius 3 is 2.29 bits per heavy atom. The van der Waals surface area contributed by atoms with Crippen LogP contribution in [-0.4, -0.2) is 135 Å². The molecule has 3 aliphatic rings. The quantitative estimate of drug-likeness (QED) is 0.0732. The SMILES string of the molecule is Nc1nc2c(ncn2[C@@H]2O[C@@H]3COP(=O)(O)OC4[C@@H](COP(=O)(O)O[C@H]2C3OCCOCCO)O[C@@H](n2cnc3c(N)ncnc32)[C@H]4O)c(=O)[nH]1. The molecule has 278 valence electrons. The molecule has 0 saturated carbocycles. The number of aliphatic hydroxyl groups is 2. The van der Waals surface area contributed by atoms with Gasteiger partial charge in [-0.2, -0.15) is 4.98 Å². The van der Waals surface area contributed by atoms with Crippen molar-refractivity contribution >= 4 is 49.7 Å². The molecule has 0 radical (unpaired) electrons. The topological polar surface area (TPSA) is 348 Å². The van der Waals surface area contributed by atoms with E-state index < -0.39 is 83.5 Å². The third-order valence-corrected chi connectivity index (χ3v) is 10.0. The van der Waals surface area contributed by atoms with Crippen LogP contribution in [0, 0.1) is 0 Å². The van der Waals surface area contributed by atoms with Gasteiger partial charge in [0.25, 0.3) is 5.56 Å². The number of fused-ring (bicyclic) bond motifs is 5. The zero-order valence-electron chi connectivity index (χ0n) is 26.1. The van der Waals surface area contributed by atoms with Crippen molar-refractivity contribution in [3.63, 3.8) is 0 Å². The highest BCUT2D eigenvalue weighted by Crippen LogP contribution is 2.54. The van der Waals surface area contributed by atoms with Gasteiger partial charge < -0.3 is 50.4 Å². The lowest BCUT2D eigenvalue weighted by atomic mass is 10.1. The summed E-state index contributed by atoms with van der Waals surface area (Å²) < 4.78 is 74.3. The van der Waals surface area contributed by atoms with Crippen molar-refractivity contribution in [3.8, 4) is 0 Å². The first-order chi connectivity index (χ1) is 24.4. The number of aliphatic hydroxyl groups excluding tert-OH is 2. The number of hydrogen-bond acceptors (Lipinski definition) is 20. The first-order valence-corrected chi connectivity index (χ1v) is 18.1. The second kappa shape index (κ2) is 14.1. The molecule has 0 spiro atoms. The number of nitrogens with one attached hydrogen (secondary N) is 1. The minimum atomic E-state index is -5.15. The average molecular weight is 763 g/mol. The number of anilines is 2. The van der Waals surface area contributed by atoms with Gasteiger partial charge in [-0.15, -0.1) is 0 Å². The molecular weight excluding hydrogens is 730 g/mol. The fourth-order valence-corrected chi connectivity index (χ4v) is 7.78. The summed E-state index contributed by atoms with van der Waals surface area (Å²) in [4.78, 5) is 56.9. The number of nitrogens with zero attached hydrogens (tertiary/aromatic N) is 7. The van der Waals surface area contributed by atoms with Crippen molar-refractivity contribution in [2.24, 2.45) is 0 Å². The summed E-state index contributed by atoms with van der Waals surface area (Å²) in [6.07, 6.45) is -8.43. The van der Waals surface area contributed by atoms with Crippen molar-refractivity contribution in [1.82, 2.24) is 39.0 Å². The van der Waals surface area contributed by atoms with Crippen LogP contribution in [0.25, 0.3) is 22.3 Å². The third-order valence-electron chi connectivity index (χ3n) is 8.07. The van der Waals surface area contributed by atoms with Crippen LogP contribution in [0.1, 0.15) is 12.5 Å². The van der Waals surface area contributed by atoms with Crippen LogP contribution in [0.15, 0.2) is 23.8 Å². The van der Waals surface area contributed by atoms with E-state index in [-0.39, 0.29) is 60.5 Å². The fourth-order valence-electron chi connectivity index (χ4n) is 5.89. The van der Waals surface area contributed by atoms with Crippen molar-refractivity contribution in [1.29, 1.82) is 0 Å². The number of phosphoric ester groups is 2. The highest BCUT2D eigenvalue weighted by Gasteiger charge is 2.54. The summed E-state index contributed by atoms with van der Waals surface area (Å²) >= 11 is 0. The molecule has 7 rings (SSSR count). The number of nitrogen functional groups attached to an aromatic ring is 2. The normalized spacial score (nSPS) is 34.7. The van der Waals surface area contributed by atoms with Crippen molar-refractivity contribution < 1.29 is 66.2 Å². The maximum absolute atomic E-state index is 13.6. The van der Waals surface area contributed by atoms with Gasteiger partial charge in [0.1, 0.15) is 48.5 Å². The van der Waals surface area contributed by atoms with Gasteiger partial charge in [-0.3, -0.25) is 37.0 Å². The van der Waals surface area contributed by atoms with Gasteiger partial charge in [0.15, 0.2) is 35.1 Å². The number of phosphoric acid groups is 2. The van der Waals surface area contributed by atoms with E-state index in [1.807, 2.05) is 0 Å². The lowest BCUT2D eigenvalue weighted by Gasteiger charge is -2.27. The highest BCUT2D eigenvalue weighted by molar-refractivity contribution is 7.47. The van der Waals surface area contributed by atoms with Crippen LogP contribution in [-0.2, 0) is 46.2 Å². The predicted molar refractivity (Wildman–Crippen MR) is 165 cm³/mol. The lowest BCUT2D eigenvalue weighted by molar-refractivity contribution is -0.0733. The molecule has 7 heterocycles. The molecule has 0 amide bonds. The molecule has 0 aromatic carbocycles. The molecule has 3 aliphatic heterocycles. The van der Waals surface area contributed by atoms with Gasteiger partial charge in [0.05, 0.1) is 52.3 Å². The maximum atomic E-state index is 13.6. The monoisotopic (exact) mass is 762 g/mol. The van der Waals surface area contributed by atoms with Gasteiger partial charge in [-0.1, -0.05) is 0 Å². The van der Waals surface area contributed by atoms with Gasteiger partial charge in [0, 0.05) is 0 Å². The number of rotatable bonds is 8. The van der Waals surface area contributed by atoms with Crippen LogP contribution in [0.5, 0.6) is 0 Å². The van der Waals surface area contributed by atoms with E-state index in [9.17, 15) is 28.8 Å². The van der Waals surface area contributed by atoms with E-state index in [2.05, 4.69) is 29.9 Å². The second-order valence-electron chi connectivity index (χ2n) is 11.3. The Labute approximate surface area is 284 Å². The minimum absolute atomic E-state index is 0.0110. The molecule has 0 aliphatic carbocycles. The van der Waals surface area contributed by atoms with E-state index in [0.29, 0.717) is 0 Å². The first kappa shape index (κ1) is 35.9. The van der Waals surface area contributed by atoms with Crippen molar-refractivity contribution in [2.75, 3.05) is 51.1 Å². The summed E-state index contributed by atoms with van der Waals surface area (Å²) in [5.74, 6) is -0.244. The van der Waals surface area contributed by atoms with E-state index >= 15 is 0 Å². The molecule has 51 heavy (non-hydrogen) atoms. The fraction of sp³-hybridized carbons (Fsp3) is 0.583. The summed E-state index contributed by atoms with van der Waals surface area (Å²) in [7, 11) is -10.3. The molecule has 4 aromatic heterocycles. The summed E-state index contributed by atoms with van der Waals surface area (Å²) in [6, 6.07) is 0. The zero-order chi connectivity index (χ0) is 36.1. The van der Waals surface area contributed by atoms with Gasteiger partial charge >= 0.3 is 15.6 Å². The third kappa shape index (κ3) is 7.14. The van der Waals surface area contributed by atoms with Crippen molar-refractivity contribution in [2.45, 2.75) is 49.1 Å². The largest absolute Gasteiger partial charge is 0.472 e. The molecule has 27 heteroatoms. The van der Waals surface area contributed by atoms with Gasteiger partial charge in [-0.25, -0.2) is 29.1 Å². The Kier molecular flexibility index (Phi) is 9.94. The molecule has 10 atom stereocenters. The van der Waals surface area contributed by atoms with Gasteiger partial charge in [-0.05, 0) is 0 Å². The molecule has 9 N–H and O–H groups in total. The van der Waals surface area contributed by atoms with E-state index in [4.69, 9.17) is 53.6 Å². The maximum Gasteiger partial charge on any atom is 0.472 e. The highest BCUT2D eigenvalue weighted by atomic mass is 31.2. The average Bonchev–Trinajstić information content (AvgIpc) is 3.84. The second-order valence-corrected chi connectivity index (χ2v) is 14.1. The molecular formula is C24H32N10O15P2. The predicted octanol–water partition coefficient (Wildman–Crippen LogP) is -2.31. The number of aromatic amines is 1. The summed E-state index contributed by atoms with van der Waals surface area (Å²) in [5, 5.41) is 20.3. The minimum Gasteiger partial charge on any atom is -0.394 e. The van der Waals surface area contributed by atoms with Crippen LogP contribution in [0.2, 0.25) is 0 Å². The Hall–Kier alpha value is -3.52. The first-order valence-electron chi connectivity index (χ1n) is 15.1. The van der Waals surface area contributed by atoms with Crippen molar-refractivity contribution in [3.05, 3.63) is 29.3 Å². The Bertz CT molecular complexity index is 2050. The van der Waals surface area contributed by atoms with Gasteiger partial charge in [0.2, 0.25) is 5.95 Å². The Morgan fingerprint density at radius 1 is 0.882 bits per heavy atom. The van der Waals surface area contributed by atoms with Crippen LogP contribution in [0.4, 0.5) is 11.8 Å². The Morgan fingerprint density at radius 2 is 1.55 bits per heavy atom. The number of H-pyrrole nitrogens is 1. The number of aromatic nitrogens is 8. The molecule has 3 fully saturated rings. The number of ether oxygens (including phenoxy) is 4. The van der Waals surface area contributed by atoms with E-state index in [1.54, 1.807) is 0 Å². The van der Waals surface area contributed by atoms with Crippen LogP contribution in [0.3, 0.4) is 0 Å². The number of hydrogen-bond donors (Lipinski definition) is 7. The van der Waals surface area contributed by atoms with E-state index in [0.717, 1.165) is 12.7 Å². The lowest BCUT2D eigenvalue weighted by Crippen LogP contribution is -2.39. The molecule has 2 bridgehead atoms. The smallest absolute Gasteiger partial charge is 0.394 e. The van der Waals surface area contributed by atoms with Crippen LogP contribution < -0.4 is 17.0 Å². The molecule has 4 unspecified atom stereocenters. The standard InChI is InChI=1S/C24H32N10O15P2/c25-18-12-19(28-7-27-18)33(8-29-12)22-14(36)15-10(46-22)5-44-51(40,41)49-17-16(43-4-3-42-2-1-35)11(6-45-50(38,39)48-15)47-23(17)34-9-30-13-20(34)31-24(26)32-21(13)37/h7-11,14-17,22-23,35-36H,1-6H2,(H,38,39)(H,40,41)(H2,25,27,28)(H3,26,31,32,37)/t10-,11-,14+,15?,16?,17+,22-,23-/m1/s1. The molecule has 25 nitrogen and oxygen atoms in total. The van der Waals surface area contributed by atoms with Crippen LogP contribution >= 0.6 is 15.6 Å². The molecule has 3 saturated heterocycles. The summed E-state index contributed by atoms with van der Waals surface area (Å²) in [6.45, 7) is -2.08. The number of nitrogens with two attached hydrogens (primary N) is 2. The number of imidazole rings is 2. The summed E-state index contributed by atoms with van der Waals surface area (Å²) in [5.41, 5.74) is 11.0. The Balaban J connectivity index is 1.21. The van der Waals surface area contributed by atoms with E-state index in [1.165, 1.54) is 15.5 Å². The zero-order valence-corrected chi connectivity index (χ0v) is 27.8.